The summed E-state index contributed by atoms with van der Waals surface area (Å²) in [5, 5.41) is 11.9. The second-order valence-corrected chi connectivity index (χ2v) is 4.59. The number of phenolic OH excluding ortho intramolecular Hbond substituents is 1. The van der Waals surface area contributed by atoms with Gasteiger partial charge in [0.15, 0.2) is 5.82 Å². The van der Waals surface area contributed by atoms with Crippen LogP contribution in [0.1, 0.15) is 18.1 Å². The Bertz CT molecular complexity index is 589. The maximum atomic E-state index is 13.5. The first-order valence-corrected chi connectivity index (χ1v) is 5.98. The standard InChI is InChI=1S/C14H12FNO3/c15-10-3-1-4-11(17)13(10)16-14(18)9-7-8(9)12-5-2-6-19-12/h1-6,8-9,17H,7H2,(H,16,18)/t8-,9-/m0/s1. The van der Waals surface area contributed by atoms with E-state index in [9.17, 15) is 14.3 Å². The van der Waals surface area contributed by atoms with Crippen LogP contribution in [0.15, 0.2) is 41.0 Å². The number of amides is 1. The number of benzene rings is 1. The van der Waals surface area contributed by atoms with E-state index in [2.05, 4.69) is 5.32 Å². The predicted octanol–water partition coefficient (Wildman–Crippen LogP) is 2.87. The second-order valence-electron chi connectivity index (χ2n) is 4.59. The van der Waals surface area contributed by atoms with Gasteiger partial charge in [-0.05, 0) is 30.7 Å². The minimum atomic E-state index is -0.649. The molecule has 0 unspecified atom stereocenters. The van der Waals surface area contributed by atoms with Gasteiger partial charge in [0.2, 0.25) is 5.91 Å². The van der Waals surface area contributed by atoms with Crippen molar-refractivity contribution in [2.24, 2.45) is 5.92 Å². The molecule has 1 aliphatic rings. The lowest BCUT2D eigenvalue weighted by atomic mass is 10.2. The van der Waals surface area contributed by atoms with Crippen LogP contribution in [0, 0.1) is 11.7 Å². The van der Waals surface area contributed by atoms with Gasteiger partial charge < -0.3 is 14.8 Å². The largest absolute Gasteiger partial charge is 0.506 e. The van der Waals surface area contributed by atoms with E-state index in [1.54, 1.807) is 12.3 Å². The number of nitrogens with one attached hydrogen (secondary N) is 1. The molecule has 4 nitrogen and oxygen atoms in total. The van der Waals surface area contributed by atoms with E-state index >= 15 is 0 Å². The zero-order chi connectivity index (χ0) is 13.4. The minimum absolute atomic E-state index is 0.0453. The van der Waals surface area contributed by atoms with Gasteiger partial charge in [0.1, 0.15) is 17.2 Å². The Morgan fingerprint density at radius 3 is 2.89 bits per heavy atom. The van der Waals surface area contributed by atoms with Crippen LogP contribution < -0.4 is 5.32 Å². The maximum absolute atomic E-state index is 13.5. The van der Waals surface area contributed by atoms with Crippen molar-refractivity contribution >= 4 is 11.6 Å². The Morgan fingerprint density at radius 1 is 1.37 bits per heavy atom. The predicted molar refractivity (Wildman–Crippen MR) is 66.3 cm³/mol. The number of aromatic hydroxyl groups is 1. The molecule has 3 rings (SSSR count). The first-order valence-electron chi connectivity index (χ1n) is 5.98. The van der Waals surface area contributed by atoms with Gasteiger partial charge in [0.25, 0.3) is 0 Å². The van der Waals surface area contributed by atoms with Crippen LogP contribution >= 0.6 is 0 Å². The molecule has 19 heavy (non-hydrogen) atoms. The zero-order valence-corrected chi connectivity index (χ0v) is 9.97. The SMILES string of the molecule is O=C(Nc1c(O)cccc1F)[C@H]1C[C@@H]1c1ccco1. The molecule has 98 valence electrons. The number of furan rings is 1. The number of rotatable bonds is 3. The Morgan fingerprint density at radius 2 is 2.21 bits per heavy atom. The topological polar surface area (TPSA) is 62.5 Å². The molecule has 1 fully saturated rings. The van der Waals surface area contributed by atoms with Gasteiger partial charge in [0.05, 0.1) is 6.26 Å². The third-order valence-corrected chi connectivity index (χ3v) is 3.28. The summed E-state index contributed by atoms with van der Waals surface area (Å²) < 4.78 is 18.7. The highest BCUT2D eigenvalue weighted by atomic mass is 19.1. The highest BCUT2D eigenvalue weighted by Gasteiger charge is 2.46. The number of carbonyl (C=O) groups excluding carboxylic acids is 1. The fourth-order valence-electron chi connectivity index (χ4n) is 2.15. The molecule has 5 heteroatoms. The van der Waals surface area contributed by atoms with Gasteiger partial charge in [0, 0.05) is 11.8 Å². The molecule has 0 saturated heterocycles. The van der Waals surface area contributed by atoms with Crippen LogP contribution in [0.5, 0.6) is 5.75 Å². The molecule has 1 saturated carbocycles. The van der Waals surface area contributed by atoms with Gasteiger partial charge in [-0.2, -0.15) is 0 Å². The van der Waals surface area contributed by atoms with Gasteiger partial charge in [-0.1, -0.05) is 6.07 Å². The number of carbonyl (C=O) groups is 1. The van der Waals surface area contributed by atoms with Crippen molar-refractivity contribution in [3.63, 3.8) is 0 Å². The monoisotopic (exact) mass is 261 g/mol. The fourth-order valence-corrected chi connectivity index (χ4v) is 2.15. The molecule has 0 bridgehead atoms. The molecule has 2 atom stereocenters. The molecule has 1 amide bonds. The van der Waals surface area contributed by atoms with Crippen molar-refractivity contribution in [3.8, 4) is 5.75 Å². The molecule has 2 N–H and O–H groups in total. The molecule has 0 spiro atoms. The molecule has 1 heterocycles. The van der Waals surface area contributed by atoms with Crippen LogP contribution in [-0.2, 0) is 4.79 Å². The molecular weight excluding hydrogens is 249 g/mol. The van der Waals surface area contributed by atoms with Crippen LogP contribution in [0.4, 0.5) is 10.1 Å². The maximum Gasteiger partial charge on any atom is 0.228 e. The summed E-state index contributed by atoms with van der Waals surface area (Å²) in [5.41, 5.74) is -0.169. The van der Waals surface area contributed by atoms with E-state index in [1.165, 1.54) is 18.2 Å². The lowest BCUT2D eigenvalue weighted by molar-refractivity contribution is -0.117. The summed E-state index contributed by atoms with van der Waals surface area (Å²) in [5.74, 6) is -0.652. The van der Waals surface area contributed by atoms with E-state index < -0.39 is 5.82 Å². The van der Waals surface area contributed by atoms with Crippen molar-refractivity contribution in [2.45, 2.75) is 12.3 Å². The van der Waals surface area contributed by atoms with Crippen LogP contribution in [0.3, 0.4) is 0 Å². The first-order chi connectivity index (χ1) is 9.16. The number of phenols is 1. The van der Waals surface area contributed by atoms with Crippen LogP contribution in [0.2, 0.25) is 0 Å². The smallest absolute Gasteiger partial charge is 0.228 e. The van der Waals surface area contributed by atoms with E-state index in [0.29, 0.717) is 6.42 Å². The summed E-state index contributed by atoms with van der Waals surface area (Å²) in [6.45, 7) is 0. The molecule has 2 aromatic rings. The Labute approximate surface area is 108 Å². The lowest BCUT2D eigenvalue weighted by Crippen LogP contribution is -2.15. The quantitative estimate of drug-likeness (QED) is 0.835. The number of para-hydroxylation sites is 1. The Balaban J connectivity index is 1.70. The summed E-state index contributed by atoms with van der Waals surface area (Å²) in [7, 11) is 0. The van der Waals surface area contributed by atoms with Gasteiger partial charge in [-0.15, -0.1) is 0 Å². The van der Waals surface area contributed by atoms with Crippen molar-refractivity contribution in [1.29, 1.82) is 0 Å². The number of anilines is 1. The average molecular weight is 261 g/mol. The average Bonchev–Trinajstić information content (AvgIpc) is 3.00. The van der Waals surface area contributed by atoms with E-state index in [1.807, 2.05) is 6.07 Å². The third-order valence-electron chi connectivity index (χ3n) is 3.28. The highest BCUT2D eigenvalue weighted by molar-refractivity contribution is 5.96. The normalized spacial score (nSPS) is 21.1. The lowest BCUT2D eigenvalue weighted by Gasteiger charge is -2.07. The summed E-state index contributed by atoms with van der Waals surface area (Å²) in [6.07, 6.45) is 2.24. The molecule has 0 aliphatic heterocycles. The minimum Gasteiger partial charge on any atom is -0.506 e. The van der Waals surface area contributed by atoms with Gasteiger partial charge in [-0.25, -0.2) is 4.39 Å². The Kier molecular flexibility index (Phi) is 2.74. The van der Waals surface area contributed by atoms with Crippen LogP contribution in [-0.4, -0.2) is 11.0 Å². The molecular formula is C14H12FNO3. The van der Waals surface area contributed by atoms with Crippen molar-refractivity contribution in [2.75, 3.05) is 5.32 Å². The van der Waals surface area contributed by atoms with Crippen LogP contribution in [0.25, 0.3) is 0 Å². The van der Waals surface area contributed by atoms with E-state index in [4.69, 9.17) is 4.42 Å². The van der Waals surface area contributed by atoms with E-state index in [-0.39, 0.29) is 29.2 Å². The van der Waals surface area contributed by atoms with E-state index in [0.717, 1.165) is 5.76 Å². The number of hydrogen-bond donors (Lipinski definition) is 2. The Hall–Kier alpha value is -2.30. The highest BCUT2D eigenvalue weighted by Crippen LogP contribution is 2.48. The molecule has 1 aromatic heterocycles. The van der Waals surface area contributed by atoms with Gasteiger partial charge in [-0.3, -0.25) is 4.79 Å². The van der Waals surface area contributed by atoms with Crippen molar-refractivity contribution < 1.29 is 18.7 Å². The summed E-state index contributed by atoms with van der Waals surface area (Å²) >= 11 is 0. The summed E-state index contributed by atoms with van der Waals surface area (Å²) in [4.78, 5) is 12.0. The second kappa shape index (κ2) is 4.42. The number of halogens is 1. The van der Waals surface area contributed by atoms with Crippen molar-refractivity contribution in [1.82, 2.24) is 0 Å². The first kappa shape index (κ1) is 11.8. The number of hydrogen-bond acceptors (Lipinski definition) is 3. The third kappa shape index (κ3) is 2.19. The fraction of sp³-hybridized carbons (Fsp3) is 0.214. The van der Waals surface area contributed by atoms with Gasteiger partial charge >= 0.3 is 0 Å². The molecule has 1 aromatic carbocycles. The summed E-state index contributed by atoms with van der Waals surface area (Å²) in [6, 6.07) is 7.48. The van der Waals surface area contributed by atoms with Crippen molar-refractivity contribution in [3.05, 3.63) is 48.2 Å². The molecule has 1 aliphatic carbocycles. The zero-order valence-electron chi connectivity index (χ0n) is 9.97. The molecule has 0 radical (unpaired) electrons.